The molecule has 0 atom stereocenters. The predicted octanol–water partition coefficient (Wildman–Crippen LogP) is 3.17. The molecular weight excluding hydrogens is 320 g/mol. The van der Waals surface area contributed by atoms with Gasteiger partial charge in [0.25, 0.3) is 0 Å². The Bertz CT molecular complexity index is 611. The fourth-order valence-corrected chi connectivity index (χ4v) is 2.32. The van der Waals surface area contributed by atoms with Crippen molar-refractivity contribution in [2.24, 2.45) is 5.92 Å². The number of carboxylic acid groups (broad SMARTS) is 1. The first-order valence-corrected chi connectivity index (χ1v) is 6.84. The Morgan fingerprint density at radius 2 is 1.83 bits per heavy atom. The maximum Gasteiger partial charge on any atom is 0.416 e. The highest BCUT2D eigenvalue weighted by molar-refractivity contribution is 5.89. The third-order valence-electron chi connectivity index (χ3n) is 3.67. The Balaban J connectivity index is 2.05. The molecule has 0 unspecified atom stereocenters. The number of carbonyl (C=O) groups is 2. The molecule has 2 N–H and O–H groups in total. The summed E-state index contributed by atoms with van der Waals surface area (Å²) in [5, 5.41) is 11.0. The molecule has 23 heavy (non-hydrogen) atoms. The van der Waals surface area contributed by atoms with E-state index in [1.54, 1.807) is 0 Å². The average molecular weight is 334 g/mol. The van der Waals surface area contributed by atoms with Crippen LogP contribution in [0.5, 0.6) is 0 Å². The molecule has 2 rings (SSSR count). The lowest BCUT2D eigenvalue weighted by molar-refractivity contribution is -0.143. The molecule has 0 bridgehead atoms. The van der Waals surface area contributed by atoms with Gasteiger partial charge in [-0.15, -0.1) is 0 Å². The van der Waals surface area contributed by atoms with Crippen LogP contribution in [-0.4, -0.2) is 35.1 Å². The third kappa shape index (κ3) is 4.11. The van der Waals surface area contributed by atoms with E-state index in [0.717, 1.165) is 0 Å². The van der Waals surface area contributed by atoms with Crippen LogP contribution in [0.3, 0.4) is 0 Å². The van der Waals surface area contributed by atoms with Gasteiger partial charge in [-0.3, -0.25) is 4.79 Å². The molecular formula is C14H14F4N2O3. The van der Waals surface area contributed by atoms with E-state index >= 15 is 0 Å². The number of nitrogens with zero attached hydrogens (tertiary/aromatic N) is 1. The Kier molecular flexibility index (Phi) is 4.76. The molecule has 1 aromatic carbocycles. The van der Waals surface area contributed by atoms with Crippen molar-refractivity contribution in [3.8, 4) is 0 Å². The van der Waals surface area contributed by atoms with E-state index in [-0.39, 0.29) is 25.9 Å². The standard InChI is InChI=1S/C14H14F4N2O3/c15-10-2-1-9(14(16,17)18)7-11(10)19-13(23)20-5-3-8(4-6-20)12(21)22/h1-2,7-8H,3-6H2,(H,19,23)(H,21,22). The van der Waals surface area contributed by atoms with Crippen LogP contribution in [0.4, 0.5) is 28.0 Å². The summed E-state index contributed by atoms with van der Waals surface area (Å²) >= 11 is 0. The molecule has 5 nitrogen and oxygen atoms in total. The second-order valence-corrected chi connectivity index (χ2v) is 5.22. The predicted molar refractivity (Wildman–Crippen MR) is 72.4 cm³/mol. The number of amides is 2. The summed E-state index contributed by atoms with van der Waals surface area (Å²) in [4.78, 5) is 24.0. The highest BCUT2D eigenvalue weighted by Gasteiger charge is 2.32. The molecule has 126 valence electrons. The first kappa shape index (κ1) is 17.0. The number of carbonyl (C=O) groups excluding carboxylic acids is 1. The topological polar surface area (TPSA) is 69.6 Å². The number of benzene rings is 1. The van der Waals surface area contributed by atoms with Crippen LogP contribution in [-0.2, 0) is 11.0 Å². The average Bonchev–Trinajstić information content (AvgIpc) is 2.48. The van der Waals surface area contributed by atoms with Crippen molar-refractivity contribution < 1.29 is 32.3 Å². The smallest absolute Gasteiger partial charge is 0.416 e. The number of rotatable bonds is 2. The van der Waals surface area contributed by atoms with Crippen molar-refractivity contribution >= 4 is 17.7 Å². The maximum atomic E-state index is 13.6. The van der Waals surface area contributed by atoms with Crippen LogP contribution >= 0.6 is 0 Å². The Morgan fingerprint density at radius 1 is 1.22 bits per heavy atom. The molecule has 0 spiro atoms. The molecule has 1 fully saturated rings. The van der Waals surface area contributed by atoms with Crippen molar-refractivity contribution in [3.05, 3.63) is 29.6 Å². The molecule has 0 aliphatic carbocycles. The Hall–Kier alpha value is -2.32. The number of nitrogens with one attached hydrogen (secondary N) is 1. The van der Waals surface area contributed by atoms with Gasteiger partial charge >= 0.3 is 18.2 Å². The van der Waals surface area contributed by atoms with Gasteiger partial charge in [-0.25, -0.2) is 9.18 Å². The molecule has 9 heteroatoms. The lowest BCUT2D eigenvalue weighted by Gasteiger charge is -2.30. The molecule has 0 saturated carbocycles. The molecule has 1 aliphatic heterocycles. The number of likely N-dealkylation sites (tertiary alicyclic amines) is 1. The monoisotopic (exact) mass is 334 g/mol. The second-order valence-electron chi connectivity index (χ2n) is 5.22. The van der Waals surface area contributed by atoms with Crippen molar-refractivity contribution in [2.75, 3.05) is 18.4 Å². The van der Waals surface area contributed by atoms with Gasteiger partial charge in [-0.2, -0.15) is 13.2 Å². The molecule has 0 aromatic heterocycles. The van der Waals surface area contributed by atoms with Crippen LogP contribution in [0.25, 0.3) is 0 Å². The van der Waals surface area contributed by atoms with Gasteiger partial charge in [-0.05, 0) is 31.0 Å². The summed E-state index contributed by atoms with van der Waals surface area (Å²) in [7, 11) is 0. The summed E-state index contributed by atoms with van der Waals surface area (Å²) in [5.74, 6) is -2.48. The Labute approximate surface area is 128 Å². The van der Waals surface area contributed by atoms with Crippen LogP contribution in [0.2, 0.25) is 0 Å². The minimum absolute atomic E-state index is 0.142. The van der Waals surface area contributed by atoms with E-state index in [9.17, 15) is 27.2 Å². The largest absolute Gasteiger partial charge is 0.481 e. The maximum absolute atomic E-state index is 13.6. The van der Waals surface area contributed by atoms with Gasteiger partial charge in [-0.1, -0.05) is 0 Å². The summed E-state index contributed by atoms with van der Waals surface area (Å²) in [6, 6.07) is 0.988. The van der Waals surface area contributed by atoms with Gasteiger partial charge in [0, 0.05) is 13.1 Å². The molecule has 1 saturated heterocycles. The summed E-state index contributed by atoms with van der Waals surface area (Å²) in [6.45, 7) is 0.284. The number of urea groups is 1. The van der Waals surface area contributed by atoms with E-state index in [2.05, 4.69) is 5.32 Å². The minimum atomic E-state index is -4.65. The molecule has 1 aliphatic rings. The number of alkyl halides is 3. The van der Waals surface area contributed by atoms with E-state index in [1.165, 1.54) is 4.90 Å². The zero-order chi connectivity index (χ0) is 17.2. The number of aliphatic carboxylic acids is 1. The second kappa shape index (κ2) is 6.43. The molecule has 2 amide bonds. The first-order chi connectivity index (χ1) is 10.7. The highest BCUT2D eigenvalue weighted by atomic mass is 19.4. The number of hydrogen-bond donors (Lipinski definition) is 2. The fraction of sp³-hybridized carbons (Fsp3) is 0.429. The van der Waals surface area contributed by atoms with Gasteiger partial charge in [0.1, 0.15) is 5.82 Å². The summed E-state index contributed by atoms with van der Waals surface area (Å²) < 4.78 is 51.4. The van der Waals surface area contributed by atoms with Crippen LogP contribution in [0, 0.1) is 11.7 Å². The number of piperidine rings is 1. The normalized spacial score (nSPS) is 16.3. The van der Waals surface area contributed by atoms with E-state index in [4.69, 9.17) is 5.11 Å². The van der Waals surface area contributed by atoms with Crippen molar-refractivity contribution in [1.82, 2.24) is 4.90 Å². The highest BCUT2D eigenvalue weighted by Crippen LogP contribution is 2.32. The number of halogens is 4. The lowest BCUT2D eigenvalue weighted by Crippen LogP contribution is -2.42. The van der Waals surface area contributed by atoms with Gasteiger partial charge in [0.15, 0.2) is 0 Å². The third-order valence-corrected chi connectivity index (χ3v) is 3.67. The quantitative estimate of drug-likeness (QED) is 0.816. The number of hydrogen-bond acceptors (Lipinski definition) is 2. The molecule has 1 aromatic rings. The van der Waals surface area contributed by atoms with Gasteiger partial charge in [0.05, 0.1) is 17.2 Å². The molecule has 0 radical (unpaired) electrons. The SMILES string of the molecule is O=C(O)C1CCN(C(=O)Nc2cc(C(F)(F)F)ccc2F)CC1. The number of carboxylic acids is 1. The summed E-state index contributed by atoms with van der Waals surface area (Å²) in [5.41, 5.74) is -1.64. The first-order valence-electron chi connectivity index (χ1n) is 6.84. The van der Waals surface area contributed by atoms with Crippen LogP contribution in [0.15, 0.2) is 18.2 Å². The van der Waals surface area contributed by atoms with E-state index < -0.39 is 41.2 Å². The zero-order valence-corrected chi connectivity index (χ0v) is 11.9. The number of anilines is 1. The van der Waals surface area contributed by atoms with Crippen molar-refractivity contribution in [1.29, 1.82) is 0 Å². The van der Waals surface area contributed by atoms with Gasteiger partial charge < -0.3 is 15.3 Å². The fourth-order valence-electron chi connectivity index (χ4n) is 2.32. The molecule has 1 heterocycles. The zero-order valence-electron chi connectivity index (χ0n) is 11.9. The van der Waals surface area contributed by atoms with E-state index in [0.29, 0.717) is 18.2 Å². The summed E-state index contributed by atoms with van der Waals surface area (Å²) in [6.07, 6.45) is -4.16. The van der Waals surface area contributed by atoms with Crippen LogP contribution < -0.4 is 5.32 Å². The lowest BCUT2D eigenvalue weighted by atomic mass is 9.97. The van der Waals surface area contributed by atoms with Crippen molar-refractivity contribution in [2.45, 2.75) is 19.0 Å². The van der Waals surface area contributed by atoms with Gasteiger partial charge in [0.2, 0.25) is 0 Å². The Morgan fingerprint density at radius 3 is 2.35 bits per heavy atom. The van der Waals surface area contributed by atoms with Crippen molar-refractivity contribution in [3.63, 3.8) is 0 Å². The van der Waals surface area contributed by atoms with E-state index in [1.807, 2.05) is 0 Å². The van der Waals surface area contributed by atoms with Crippen LogP contribution in [0.1, 0.15) is 18.4 Å². The minimum Gasteiger partial charge on any atom is -0.481 e.